The van der Waals surface area contributed by atoms with E-state index >= 15 is 0 Å². The Morgan fingerprint density at radius 1 is 1.47 bits per heavy atom. The molecule has 0 aliphatic carbocycles. The van der Waals surface area contributed by atoms with Gasteiger partial charge in [0.2, 0.25) is 0 Å². The van der Waals surface area contributed by atoms with Gasteiger partial charge in [0.15, 0.2) is 11.6 Å². The van der Waals surface area contributed by atoms with Crippen molar-refractivity contribution < 1.29 is 13.9 Å². The van der Waals surface area contributed by atoms with E-state index in [9.17, 15) is 9.18 Å². The van der Waals surface area contributed by atoms with Crippen LogP contribution >= 0.6 is 15.9 Å². The maximum Gasteiger partial charge on any atom is 0.415 e. The Kier molecular flexibility index (Phi) is 2.90. The lowest BCUT2D eigenvalue weighted by Gasteiger charge is -2.29. The van der Waals surface area contributed by atoms with Crippen LogP contribution in [-0.4, -0.2) is 24.1 Å². The highest BCUT2D eigenvalue weighted by atomic mass is 79.9. The van der Waals surface area contributed by atoms with Gasteiger partial charge in [0, 0.05) is 17.6 Å². The Hall–Kier alpha value is -1.10. The summed E-state index contributed by atoms with van der Waals surface area (Å²) in [5, 5.41) is 0. The lowest BCUT2D eigenvalue weighted by molar-refractivity contribution is 0.123. The normalized spacial score (nSPS) is 14.7. The Morgan fingerprint density at radius 2 is 2.20 bits per heavy atom. The number of carbonyl (C=O) groups excluding carboxylic acids is 1. The Bertz CT molecular complexity index is 393. The smallest absolute Gasteiger partial charge is 0.407 e. The van der Waals surface area contributed by atoms with E-state index in [2.05, 4.69) is 15.9 Å². The molecule has 0 unspecified atom stereocenters. The van der Waals surface area contributed by atoms with E-state index in [-0.39, 0.29) is 5.75 Å². The fraction of sp³-hybridized carbons (Fsp3) is 0.300. The Balaban J connectivity index is 2.06. The molecule has 15 heavy (non-hydrogen) atoms. The van der Waals surface area contributed by atoms with Crippen molar-refractivity contribution >= 4 is 22.0 Å². The molecular formula is C10H9BrFNO2. The average molecular weight is 274 g/mol. The van der Waals surface area contributed by atoms with E-state index in [4.69, 9.17) is 4.74 Å². The van der Waals surface area contributed by atoms with Crippen LogP contribution in [0.25, 0.3) is 0 Å². The largest absolute Gasteiger partial charge is 0.415 e. The molecule has 0 spiro atoms. The number of rotatable bonds is 1. The maximum absolute atomic E-state index is 13.3. The number of nitrogens with zero attached hydrogens (tertiary/aromatic N) is 1. The molecule has 1 saturated heterocycles. The molecule has 2 rings (SSSR count). The summed E-state index contributed by atoms with van der Waals surface area (Å²) in [4.78, 5) is 12.9. The molecule has 5 heteroatoms. The molecule has 1 amide bonds. The van der Waals surface area contributed by atoms with Gasteiger partial charge in [-0.05, 0) is 24.6 Å². The van der Waals surface area contributed by atoms with Gasteiger partial charge < -0.3 is 9.64 Å². The molecule has 1 fully saturated rings. The van der Waals surface area contributed by atoms with Gasteiger partial charge in [0.05, 0.1) is 0 Å². The third-order valence-corrected chi connectivity index (χ3v) is 2.70. The van der Waals surface area contributed by atoms with E-state index in [1.54, 1.807) is 6.07 Å². The molecule has 0 atom stereocenters. The highest BCUT2D eigenvalue weighted by Crippen LogP contribution is 2.22. The first-order valence-corrected chi connectivity index (χ1v) is 5.38. The topological polar surface area (TPSA) is 29.5 Å². The van der Waals surface area contributed by atoms with E-state index in [1.807, 2.05) is 0 Å². The van der Waals surface area contributed by atoms with Crippen LogP contribution in [0.15, 0.2) is 22.7 Å². The van der Waals surface area contributed by atoms with E-state index in [1.165, 1.54) is 17.0 Å². The van der Waals surface area contributed by atoms with Crippen LogP contribution in [-0.2, 0) is 0 Å². The molecule has 80 valence electrons. The van der Waals surface area contributed by atoms with Crippen molar-refractivity contribution in [2.24, 2.45) is 0 Å². The van der Waals surface area contributed by atoms with Crippen molar-refractivity contribution in [1.82, 2.24) is 4.90 Å². The number of likely N-dealkylation sites (tertiary alicyclic amines) is 1. The predicted octanol–water partition coefficient (Wildman–Crippen LogP) is 2.79. The van der Waals surface area contributed by atoms with E-state index in [0.717, 1.165) is 6.42 Å². The fourth-order valence-electron chi connectivity index (χ4n) is 1.22. The number of ether oxygens (including phenoxy) is 1. The van der Waals surface area contributed by atoms with E-state index < -0.39 is 11.9 Å². The van der Waals surface area contributed by atoms with Crippen LogP contribution in [0.3, 0.4) is 0 Å². The van der Waals surface area contributed by atoms with Gasteiger partial charge in [-0.15, -0.1) is 0 Å². The molecular weight excluding hydrogens is 265 g/mol. The van der Waals surface area contributed by atoms with Crippen LogP contribution in [0.1, 0.15) is 6.42 Å². The lowest BCUT2D eigenvalue weighted by atomic mass is 10.2. The first-order chi connectivity index (χ1) is 7.16. The van der Waals surface area contributed by atoms with E-state index in [0.29, 0.717) is 17.6 Å². The SMILES string of the molecule is O=C(Oc1ccc(Br)cc1F)N1CCC1. The van der Waals surface area contributed by atoms with Gasteiger partial charge in [-0.2, -0.15) is 0 Å². The molecule has 3 nitrogen and oxygen atoms in total. The molecule has 1 aromatic rings. The summed E-state index contributed by atoms with van der Waals surface area (Å²) in [5.41, 5.74) is 0. The first-order valence-electron chi connectivity index (χ1n) is 4.58. The zero-order valence-electron chi connectivity index (χ0n) is 7.87. The quantitative estimate of drug-likeness (QED) is 0.788. The standard InChI is InChI=1S/C10H9BrFNO2/c11-7-2-3-9(8(12)6-7)15-10(14)13-4-1-5-13/h2-3,6H,1,4-5H2. The van der Waals surface area contributed by atoms with Crippen LogP contribution in [0.2, 0.25) is 0 Å². The number of benzene rings is 1. The second-order valence-corrected chi connectivity index (χ2v) is 4.20. The van der Waals surface area contributed by atoms with Gasteiger partial charge >= 0.3 is 6.09 Å². The van der Waals surface area contributed by atoms with Crippen LogP contribution in [0, 0.1) is 5.82 Å². The summed E-state index contributed by atoms with van der Waals surface area (Å²) in [7, 11) is 0. The minimum atomic E-state index is -0.543. The van der Waals surface area contributed by atoms with Crippen molar-refractivity contribution in [2.45, 2.75) is 6.42 Å². The molecule has 1 aromatic carbocycles. The minimum absolute atomic E-state index is 0.0323. The molecule has 0 aromatic heterocycles. The molecule has 1 aliphatic rings. The molecule has 0 saturated carbocycles. The van der Waals surface area contributed by atoms with Crippen molar-refractivity contribution in [1.29, 1.82) is 0 Å². The molecule has 0 bridgehead atoms. The summed E-state index contributed by atoms with van der Waals surface area (Å²) < 4.78 is 18.8. The van der Waals surface area contributed by atoms with Crippen LogP contribution < -0.4 is 4.74 Å². The summed E-state index contributed by atoms with van der Waals surface area (Å²) in [5.74, 6) is -0.576. The number of hydrogen-bond donors (Lipinski definition) is 0. The number of halogens is 2. The summed E-state index contributed by atoms with van der Waals surface area (Å²) in [6.45, 7) is 1.38. The number of hydrogen-bond acceptors (Lipinski definition) is 2. The first kappa shape index (κ1) is 10.4. The average Bonchev–Trinajstić information content (AvgIpc) is 2.07. The van der Waals surface area contributed by atoms with Gasteiger partial charge in [-0.3, -0.25) is 0 Å². The number of carbonyl (C=O) groups is 1. The Morgan fingerprint density at radius 3 is 2.73 bits per heavy atom. The van der Waals surface area contributed by atoms with Gasteiger partial charge in [0.1, 0.15) is 0 Å². The summed E-state index contributed by atoms with van der Waals surface area (Å²) in [6, 6.07) is 4.32. The monoisotopic (exact) mass is 273 g/mol. The maximum atomic E-state index is 13.3. The summed E-state index contributed by atoms with van der Waals surface area (Å²) in [6.07, 6.45) is 0.500. The third-order valence-electron chi connectivity index (χ3n) is 2.21. The zero-order chi connectivity index (χ0) is 10.8. The highest BCUT2D eigenvalue weighted by molar-refractivity contribution is 9.10. The summed E-state index contributed by atoms with van der Waals surface area (Å²) >= 11 is 3.13. The Labute approximate surface area is 95.0 Å². The second kappa shape index (κ2) is 4.18. The van der Waals surface area contributed by atoms with Crippen molar-refractivity contribution in [2.75, 3.05) is 13.1 Å². The van der Waals surface area contributed by atoms with Crippen LogP contribution in [0.4, 0.5) is 9.18 Å². The van der Waals surface area contributed by atoms with Crippen molar-refractivity contribution in [3.8, 4) is 5.75 Å². The molecule has 0 N–H and O–H groups in total. The van der Waals surface area contributed by atoms with Gasteiger partial charge in [0.25, 0.3) is 0 Å². The van der Waals surface area contributed by atoms with Gasteiger partial charge in [-0.25, -0.2) is 9.18 Å². The predicted molar refractivity (Wildman–Crippen MR) is 56.3 cm³/mol. The minimum Gasteiger partial charge on any atom is -0.407 e. The lowest BCUT2D eigenvalue weighted by Crippen LogP contribution is -2.43. The third kappa shape index (κ3) is 2.28. The molecule has 1 heterocycles. The van der Waals surface area contributed by atoms with Crippen molar-refractivity contribution in [3.05, 3.63) is 28.5 Å². The zero-order valence-corrected chi connectivity index (χ0v) is 9.46. The highest BCUT2D eigenvalue weighted by Gasteiger charge is 2.22. The molecule has 1 aliphatic heterocycles. The van der Waals surface area contributed by atoms with Crippen LogP contribution in [0.5, 0.6) is 5.75 Å². The second-order valence-electron chi connectivity index (χ2n) is 3.28. The number of amides is 1. The molecule has 0 radical (unpaired) electrons. The van der Waals surface area contributed by atoms with Gasteiger partial charge in [-0.1, -0.05) is 15.9 Å². The fourth-order valence-corrected chi connectivity index (χ4v) is 1.55. The van der Waals surface area contributed by atoms with Crippen molar-refractivity contribution in [3.63, 3.8) is 0 Å².